The molecule has 68 heavy (non-hydrogen) atoms. The van der Waals surface area contributed by atoms with Gasteiger partial charge in [-0.05, 0) is 109 Å². The zero-order valence-corrected chi connectivity index (χ0v) is 40.0. The molecule has 0 aliphatic rings. The number of unbranched alkanes of at least 4 members (excludes halogenated alkanes) is 12. The smallest absolute Gasteiger partial charge is 0.303 e. The topological polar surface area (TPSA) is 156 Å². The summed E-state index contributed by atoms with van der Waals surface area (Å²) in [5.74, 6) is -2.96. The van der Waals surface area contributed by atoms with Crippen molar-refractivity contribution in [3.8, 4) is 0 Å². The second kappa shape index (κ2) is 32.3. The number of carboxylic acids is 4. The van der Waals surface area contributed by atoms with Crippen LogP contribution in [0.15, 0.2) is 97.1 Å². The van der Waals surface area contributed by atoms with E-state index in [2.05, 4.69) is 143 Å². The summed E-state index contributed by atoms with van der Waals surface area (Å²) < 4.78 is 0. The maximum Gasteiger partial charge on any atom is 0.303 e. The van der Waals surface area contributed by atoms with E-state index in [4.69, 9.17) is 20.4 Å². The Morgan fingerprint density at radius 1 is 0.279 bits per heavy atom. The number of aliphatic carboxylic acids is 4. The molecule has 0 radical (unpaired) electrons. The summed E-state index contributed by atoms with van der Waals surface area (Å²) in [6, 6.07) is 34.2. The second-order valence-corrected chi connectivity index (χ2v) is 17.7. The van der Waals surface area contributed by atoms with Crippen LogP contribution in [0.4, 0.5) is 11.4 Å². The highest BCUT2D eigenvalue weighted by molar-refractivity contribution is 5.75. The molecule has 0 amide bonds. The van der Waals surface area contributed by atoms with Gasteiger partial charge in [0.05, 0.1) is 0 Å². The minimum absolute atomic E-state index is 0.222. The van der Waals surface area contributed by atoms with Gasteiger partial charge in [0.15, 0.2) is 0 Å². The van der Waals surface area contributed by atoms with Gasteiger partial charge in [-0.15, -0.1) is 0 Å². The average Bonchev–Trinajstić information content (AvgIpc) is 3.33. The highest BCUT2D eigenvalue weighted by Crippen LogP contribution is 2.22. The molecular weight excluding hydrogens is 853 g/mol. The number of nitrogens with zero attached hydrogens (tertiary/aromatic N) is 2. The van der Waals surface area contributed by atoms with Crippen LogP contribution in [0, 0.1) is 0 Å². The van der Waals surface area contributed by atoms with Crippen molar-refractivity contribution in [2.75, 3.05) is 36.0 Å². The van der Waals surface area contributed by atoms with Crippen molar-refractivity contribution in [2.45, 2.75) is 128 Å². The van der Waals surface area contributed by atoms with Crippen molar-refractivity contribution in [1.29, 1.82) is 0 Å². The summed E-state index contributed by atoms with van der Waals surface area (Å²) in [4.78, 5) is 48.2. The van der Waals surface area contributed by atoms with Crippen LogP contribution in [0.5, 0.6) is 0 Å². The number of anilines is 2. The lowest BCUT2D eigenvalue weighted by molar-refractivity contribution is -0.138. The Hall–Kier alpha value is -6.42. The SMILES string of the molecule is O=C(O)CCCCCCN(CCCCCCC(=O)O)c1ccc(/C=C/c2ccc(/C=C/c3ccc(/C=C/c4ccc(N(CCCCCCC(=O)O)CCCCCCC(=O)O)cc4)cc3)cc2)cc1. The number of hydrogen-bond acceptors (Lipinski definition) is 6. The van der Waals surface area contributed by atoms with Crippen LogP contribution in [-0.2, 0) is 19.2 Å². The van der Waals surface area contributed by atoms with Gasteiger partial charge in [0.2, 0.25) is 0 Å². The van der Waals surface area contributed by atoms with E-state index in [1.165, 1.54) is 11.4 Å². The second-order valence-electron chi connectivity index (χ2n) is 17.7. The zero-order chi connectivity index (χ0) is 48.6. The first-order chi connectivity index (χ1) is 33.0. The standard InChI is InChI=1S/C58H74N2O8/c61-55(62)17-9-1-5-13-43-59(44-14-6-2-10-18-56(63)64)53-39-35-51(36-40-53)33-31-49-27-23-47(24-28-49)21-22-48-25-29-50(30-26-48)32-34-52-37-41-54(42-38-52)60(45-15-7-3-11-19-57(65)66)46-16-8-4-12-20-58(67)68/h21-42H,1-20,43-46H2,(H,61,62)(H,63,64)(H,65,66)(H,67,68)/b22-21+,33-31+,34-32+. The molecule has 4 aromatic carbocycles. The Kier molecular flexibility index (Phi) is 25.7. The summed E-state index contributed by atoms with van der Waals surface area (Å²) in [5.41, 5.74) is 9.03. The third-order valence-electron chi connectivity index (χ3n) is 12.1. The van der Waals surface area contributed by atoms with E-state index in [1.54, 1.807) is 0 Å². The van der Waals surface area contributed by atoms with Gasteiger partial charge in [0.25, 0.3) is 0 Å². The van der Waals surface area contributed by atoms with Crippen LogP contribution in [0.2, 0.25) is 0 Å². The van der Waals surface area contributed by atoms with Gasteiger partial charge in [-0.1, -0.05) is 161 Å². The summed E-state index contributed by atoms with van der Waals surface area (Å²) in [6.45, 7) is 3.63. The molecule has 0 heterocycles. The van der Waals surface area contributed by atoms with E-state index in [0.717, 1.165) is 137 Å². The molecule has 4 rings (SSSR count). The fourth-order valence-electron chi connectivity index (χ4n) is 8.08. The highest BCUT2D eigenvalue weighted by atomic mass is 16.4. The minimum atomic E-state index is -0.739. The van der Waals surface area contributed by atoms with Gasteiger partial charge in [-0.3, -0.25) is 19.2 Å². The third-order valence-corrected chi connectivity index (χ3v) is 12.1. The highest BCUT2D eigenvalue weighted by Gasteiger charge is 2.10. The first-order valence-electron chi connectivity index (χ1n) is 24.9. The van der Waals surface area contributed by atoms with Crippen LogP contribution in [0.1, 0.15) is 162 Å². The number of hydrogen-bond donors (Lipinski definition) is 4. The third kappa shape index (κ3) is 23.9. The fourth-order valence-corrected chi connectivity index (χ4v) is 8.08. The number of carbonyl (C=O) groups is 4. The minimum Gasteiger partial charge on any atom is -0.481 e. The van der Waals surface area contributed by atoms with Crippen LogP contribution in [0.25, 0.3) is 36.5 Å². The summed E-state index contributed by atoms with van der Waals surface area (Å²) in [7, 11) is 0. The molecule has 0 aromatic heterocycles. The van der Waals surface area contributed by atoms with E-state index in [-0.39, 0.29) is 25.7 Å². The maximum absolute atomic E-state index is 10.9. The van der Waals surface area contributed by atoms with Crippen LogP contribution in [0.3, 0.4) is 0 Å². The normalized spacial score (nSPS) is 11.5. The van der Waals surface area contributed by atoms with Crippen molar-refractivity contribution in [2.24, 2.45) is 0 Å². The van der Waals surface area contributed by atoms with Crippen molar-refractivity contribution < 1.29 is 39.6 Å². The summed E-state index contributed by atoms with van der Waals surface area (Å²) in [5, 5.41) is 35.7. The van der Waals surface area contributed by atoms with Gasteiger partial charge in [0.1, 0.15) is 0 Å². The van der Waals surface area contributed by atoms with Gasteiger partial charge >= 0.3 is 23.9 Å². The summed E-state index contributed by atoms with van der Waals surface area (Å²) >= 11 is 0. The Balaban J connectivity index is 1.25. The molecule has 0 bridgehead atoms. The molecule has 364 valence electrons. The van der Waals surface area contributed by atoms with E-state index in [0.29, 0.717) is 25.7 Å². The predicted molar refractivity (Wildman–Crippen MR) is 280 cm³/mol. The first kappa shape index (κ1) is 54.2. The number of carboxylic acid groups (broad SMARTS) is 4. The lowest BCUT2D eigenvalue weighted by Gasteiger charge is -2.25. The Labute approximate surface area is 404 Å². The van der Waals surface area contributed by atoms with Gasteiger partial charge in [0, 0.05) is 63.2 Å². The molecule has 0 aliphatic heterocycles. The van der Waals surface area contributed by atoms with E-state index >= 15 is 0 Å². The molecule has 0 fully saturated rings. The fraction of sp³-hybridized carbons (Fsp3) is 0.414. The van der Waals surface area contributed by atoms with Gasteiger partial charge in [-0.25, -0.2) is 0 Å². The molecule has 4 N–H and O–H groups in total. The number of rotatable bonds is 36. The van der Waals surface area contributed by atoms with Crippen molar-refractivity contribution in [3.05, 3.63) is 130 Å². The van der Waals surface area contributed by atoms with E-state index < -0.39 is 23.9 Å². The lowest BCUT2D eigenvalue weighted by Crippen LogP contribution is -2.25. The van der Waals surface area contributed by atoms with Crippen molar-refractivity contribution in [1.82, 2.24) is 0 Å². The molecule has 0 unspecified atom stereocenters. The Bertz CT molecular complexity index is 1950. The van der Waals surface area contributed by atoms with Crippen molar-refractivity contribution >= 4 is 71.7 Å². The first-order valence-corrected chi connectivity index (χ1v) is 24.9. The van der Waals surface area contributed by atoms with E-state index in [1.807, 2.05) is 0 Å². The average molecular weight is 927 g/mol. The molecular formula is C58H74N2O8. The lowest BCUT2D eigenvalue weighted by atomic mass is 10.1. The largest absolute Gasteiger partial charge is 0.481 e. The monoisotopic (exact) mass is 927 g/mol. The molecule has 0 saturated carbocycles. The van der Waals surface area contributed by atoms with Crippen LogP contribution < -0.4 is 9.80 Å². The zero-order valence-electron chi connectivity index (χ0n) is 40.0. The molecule has 0 aliphatic carbocycles. The van der Waals surface area contributed by atoms with Crippen LogP contribution in [-0.4, -0.2) is 70.5 Å². The molecule has 10 heteroatoms. The molecule has 0 spiro atoms. The quantitative estimate of drug-likeness (QED) is 0.0256. The molecule has 0 saturated heterocycles. The maximum atomic E-state index is 10.9. The Morgan fingerprint density at radius 3 is 0.647 bits per heavy atom. The Morgan fingerprint density at radius 2 is 0.456 bits per heavy atom. The molecule has 10 nitrogen and oxygen atoms in total. The molecule has 0 atom stereocenters. The predicted octanol–water partition coefficient (Wildman–Crippen LogP) is 14.0. The van der Waals surface area contributed by atoms with Gasteiger partial charge in [-0.2, -0.15) is 0 Å². The van der Waals surface area contributed by atoms with E-state index in [9.17, 15) is 19.2 Å². The molecule has 4 aromatic rings. The van der Waals surface area contributed by atoms with Crippen LogP contribution >= 0.6 is 0 Å². The van der Waals surface area contributed by atoms with Gasteiger partial charge < -0.3 is 30.2 Å². The number of benzene rings is 4. The summed E-state index contributed by atoms with van der Waals surface area (Å²) in [6.07, 6.45) is 28.1. The van der Waals surface area contributed by atoms with Crippen molar-refractivity contribution in [3.63, 3.8) is 0 Å².